The van der Waals surface area contributed by atoms with Crippen molar-refractivity contribution >= 4 is 33.2 Å². The first kappa shape index (κ1) is 17.9. The van der Waals surface area contributed by atoms with Gasteiger partial charge in [-0.15, -0.1) is 0 Å². The number of hydrogen-bond donors (Lipinski definition) is 1. The van der Waals surface area contributed by atoms with Crippen LogP contribution in [-0.4, -0.2) is 15.9 Å². The number of nitrogens with zero attached hydrogens (tertiary/aromatic N) is 1. The monoisotopic (exact) mass is 393 g/mol. The van der Waals surface area contributed by atoms with Crippen LogP contribution in [0, 0.1) is 0 Å². The van der Waals surface area contributed by atoms with E-state index >= 15 is 0 Å². The highest BCUT2D eigenvalue weighted by Gasteiger charge is 2.26. The normalized spacial score (nSPS) is 12.6. The molecule has 0 saturated carbocycles. The Hall–Kier alpha value is -4.12. The molecule has 0 radical (unpaired) electrons. The van der Waals surface area contributed by atoms with E-state index in [9.17, 15) is 19.5 Å². The highest BCUT2D eigenvalue weighted by atomic mass is 16.3. The maximum Gasteiger partial charge on any atom is 0.281 e. The highest BCUT2D eigenvalue weighted by Crippen LogP contribution is 2.36. The van der Waals surface area contributed by atoms with Crippen LogP contribution in [0.1, 0.15) is 22.8 Å². The Bertz CT molecular complexity index is 1610. The van der Waals surface area contributed by atoms with E-state index < -0.39 is 11.3 Å². The number of fused-ring (bicyclic) bond motifs is 2. The summed E-state index contributed by atoms with van der Waals surface area (Å²) in [6.07, 6.45) is 0. The van der Waals surface area contributed by atoms with E-state index in [1.807, 2.05) is 6.07 Å². The van der Waals surface area contributed by atoms with Crippen LogP contribution in [0.5, 0.6) is 0 Å². The van der Waals surface area contributed by atoms with Gasteiger partial charge in [-0.3, -0.25) is 14.4 Å². The summed E-state index contributed by atoms with van der Waals surface area (Å²) in [4.78, 5) is 42.6. The molecular weight excluding hydrogens is 378 g/mol. The van der Waals surface area contributed by atoms with Gasteiger partial charge in [0.25, 0.3) is 5.56 Å². The predicted molar refractivity (Wildman–Crippen MR) is 116 cm³/mol. The molecule has 0 aromatic heterocycles. The zero-order chi connectivity index (χ0) is 21.0. The number of pyridine rings is 1. The van der Waals surface area contributed by atoms with E-state index in [0.29, 0.717) is 38.1 Å². The molecule has 1 aliphatic heterocycles. The summed E-state index contributed by atoms with van der Waals surface area (Å²) in [6.45, 7) is 1.32. The molecule has 0 unspecified atom stereocenters. The molecule has 1 heterocycles. The molecule has 0 atom stereocenters. The molecule has 5 rings (SSSR count). The summed E-state index contributed by atoms with van der Waals surface area (Å²) < 4.78 is 0. The van der Waals surface area contributed by atoms with Gasteiger partial charge in [-0.2, -0.15) is 0 Å². The van der Waals surface area contributed by atoms with Crippen LogP contribution < -0.4 is 16.2 Å². The molecule has 144 valence electrons. The lowest BCUT2D eigenvalue weighted by molar-refractivity contribution is 0.101. The molecule has 30 heavy (non-hydrogen) atoms. The van der Waals surface area contributed by atoms with Crippen LogP contribution in [0.3, 0.4) is 0 Å². The Morgan fingerprint density at radius 1 is 0.800 bits per heavy atom. The average molecular weight is 393 g/mol. The summed E-state index contributed by atoms with van der Waals surface area (Å²) in [5.41, 5.74) is 0.676. The maximum atomic E-state index is 13.2. The zero-order valence-corrected chi connectivity index (χ0v) is 16.0. The standard InChI is InChI=1S/C25H15NO4/c1-13(27)19-20-15-9-5-6-10-16(15)24(29)17-11-12-18(22(21(17)20)26-25(19)30)23(28)14-7-3-2-4-8-14/h2-12,28H,1H3/b23-18-. The van der Waals surface area contributed by atoms with Crippen molar-refractivity contribution in [2.45, 2.75) is 6.92 Å². The number of Topliss-reactive ketones (excluding diaryl/α,β-unsaturated/α-hetero) is 1. The van der Waals surface area contributed by atoms with Crippen LogP contribution in [0.2, 0.25) is 0 Å². The summed E-state index contributed by atoms with van der Waals surface area (Å²) in [5, 5.41) is 12.6. The van der Waals surface area contributed by atoms with Crippen molar-refractivity contribution in [3.8, 4) is 11.1 Å². The smallest absolute Gasteiger partial charge is 0.281 e. The van der Waals surface area contributed by atoms with Gasteiger partial charge in [-0.1, -0.05) is 54.6 Å². The topological polar surface area (TPSA) is 84.3 Å². The molecule has 5 heteroatoms. The van der Waals surface area contributed by atoms with Gasteiger partial charge in [0, 0.05) is 32.7 Å². The van der Waals surface area contributed by atoms with Crippen molar-refractivity contribution in [2.24, 2.45) is 0 Å². The van der Waals surface area contributed by atoms with Crippen molar-refractivity contribution in [1.29, 1.82) is 0 Å². The molecule has 0 spiro atoms. The van der Waals surface area contributed by atoms with E-state index in [-0.39, 0.29) is 22.3 Å². The number of ketones is 1. The molecule has 0 bridgehead atoms. The Labute approximate surface area is 170 Å². The van der Waals surface area contributed by atoms with Crippen molar-refractivity contribution in [2.75, 3.05) is 0 Å². The number of rotatable bonds is 2. The maximum absolute atomic E-state index is 13.2. The molecule has 1 N–H and O–H groups in total. The lowest BCUT2D eigenvalue weighted by atomic mass is 9.86. The third-order valence-corrected chi connectivity index (χ3v) is 5.45. The number of benzene rings is 4. The molecule has 3 aromatic carbocycles. The van der Waals surface area contributed by atoms with Crippen LogP contribution in [0.25, 0.3) is 38.6 Å². The van der Waals surface area contributed by atoms with Crippen LogP contribution in [0.15, 0.2) is 76.3 Å². The Morgan fingerprint density at radius 3 is 2.17 bits per heavy atom. The summed E-state index contributed by atoms with van der Waals surface area (Å²) in [6, 6.07) is 19.0. The Balaban J connectivity index is 2.11. The highest BCUT2D eigenvalue weighted by molar-refractivity contribution is 6.17. The van der Waals surface area contributed by atoms with Gasteiger partial charge in [0.2, 0.25) is 0 Å². The van der Waals surface area contributed by atoms with Crippen LogP contribution >= 0.6 is 0 Å². The largest absolute Gasteiger partial charge is 0.507 e. The average Bonchev–Trinajstić information content (AvgIpc) is 2.76. The van der Waals surface area contributed by atoms with Gasteiger partial charge in [0.1, 0.15) is 5.76 Å². The second kappa shape index (κ2) is 6.46. The van der Waals surface area contributed by atoms with Gasteiger partial charge in [-0.05, 0) is 24.4 Å². The first-order valence-corrected chi connectivity index (χ1v) is 9.43. The van der Waals surface area contributed by atoms with Gasteiger partial charge >= 0.3 is 0 Å². The van der Waals surface area contributed by atoms with Crippen molar-refractivity contribution in [3.05, 3.63) is 104 Å². The van der Waals surface area contributed by atoms with E-state index in [1.54, 1.807) is 60.7 Å². The van der Waals surface area contributed by atoms with E-state index in [0.717, 1.165) is 0 Å². The van der Waals surface area contributed by atoms with E-state index in [2.05, 4.69) is 4.98 Å². The number of hydrogen-bond acceptors (Lipinski definition) is 5. The van der Waals surface area contributed by atoms with Crippen LogP contribution in [-0.2, 0) is 0 Å². The minimum atomic E-state index is -0.673. The third-order valence-electron chi connectivity index (χ3n) is 5.45. The number of carbonyl (C=O) groups is 1. The number of carbonyl (C=O) groups excluding carboxylic acids is 1. The summed E-state index contributed by atoms with van der Waals surface area (Å²) in [5.74, 6) is -0.469. The van der Waals surface area contributed by atoms with E-state index in [1.165, 1.54) is 6.92 Å². The Morgan fingerprint density at radius 2 is 1.47 bits per heavy atom. The second-order valence-electron chi connectivity index (χ2n) is 7.20. The van der Waals surface area contributed by atoms with Gasteiger partial charge < -0.3 is 5.11 Å². The van der Waals surface area contributed by atoms with E-state index in [4.69, 9.17) is 0 Å². The van der Waals surface area contributed by atoms with Crippen LogP contribution in [0.4, 0.5) is 0 Å². The minimum Gasteiger partial charge on any atom is -0.507 e. The first-order chi connectivity index (χ1) is 14.5. The second-order valence-corrected chi connectivity index (χ2v) is 7.20. The molecule has 3 aromatic rings. The molecular formula is C25H15NO4. The van der Waals surface area contributed by atoms with Crippen molar-refractivity contribution in [1.82, 2.24) is 4.98 Å². The fourth-order valence-electron chi connectivity index (χ4n) is 4.12. The molecule has 2 aliphatic rings. The number of aliphatic hydroxyl groups excluding tert-OH is 1. The Kier molecular flexibility index (Phi) is 3.86. The quantitative estimate of drug-likeness (QED) is 0.283. The zero-order valence-electron chi connectivity index (χ0n) is 16.0. The number of aliphatic hydroxyl groups is 1. The number of aromatic nitrogens is 1. The summed E-state index contributed by atoms with van der Waals surface area (Å²) in [7, 11) is 0. The molecule has 0 fully saturated rings. The van der Waals surface area contributed by atoms with Gasteiger partial charge in [0.05, 0.1) is 11.1 Å². The summed E-state index contributed by atoms with van der Waals surface area (Å²) >= 11 is 0. The molecule has 0 saturated heterocycles. The van der Waals surface area contributed by atoms with Gasteiger partial charge in [0.15, 0.2) is 11.2 Å². The van der Waals surface area contributed by atoms with Gasteiger partial charge in [-0.25, -0.2) is 4.98 Å². The van der Waals surface area contributed by atoms with Crippen molar-refractivity contribution in [3.63, 3.8) is 0 Å². The fraction of sp³-hybridized carbons (Fsp3) is 0.0400. The SMILES string of the molecule is CC(=O)c1c2c3ccccc3c(=O)c3cc/c(=C(/O)c4ccccc4)c(nc1=O)c3-2. The minimum absolute atomic E-state index is 0.0416. The van der Waals surface area contributed by atoms with Crippen molar-refractivity contribution < 1.29 is 9.90 Å². The molecule has 5 nitrogen and oxygen atoms in total. The first-order valence-electron chi connectivity index (χ1n) is 9.43. The molecule has 0 amide bonds. The third kappa shape index (κ3) is 2.42. The fourth-order valence-corrected chi connectivity index (χ4v) is 4.12. The lowest BCUT2D eigenvalue weighted by Gasteiger charge is -2.17. The molecule has 1 aliphatic carbocycles. The lowest BCUT2D eigenvalue weighted by Crippen LogP contribution is -2.25. The predicted octanol–water partition coefficient (Wildman–Crippen LogP) is 3.29.